The minimum atomic E-state index is 0.0686. The summed E-state index contributed by atoms with van der Waals surface area (Å²) in [6.07, 6.45) is 5.05. The minimum absolute atomic E-state index is 0.0686. The maximum Gasteiger partial charge on any atom is 0.0518 e. The zero-order valence-electron chi connectivity index (χ0n) is 21.5. The van der Waals surface area contributed by atoms with Crippen molar-refractivity contribution in [3.63, 3.8) is 0 Å². The predicted octanol–water partition coefficient (Wildman–Crippen LogP) is 9.71. The SMILES string of the molecule is Cc1cc(-c2c3ccccc3cc3ccccc23)cc2c1N(c1ccccc1)C1(C)CCCCC21C. The van der Waals surface area contributed by atoms with E-state index in [1.54, 1.807) is 0 Å². The highest BCUT2D eigenvalue weighted by Crippen LogP contribution is 2.62. The van der Waals surface area contributed by atoms with Gasteiger partial charge in [0.05, 0.1) is 5.54 Å². The molecule has 1 aliphatic heterocycles. The molecule has 0 bridgehead atoms. The average Bonchev–Trinajstić information content (AvgIpc) is 3.12. The highest BCUT2D eigenvalue weighted by molar-refractivity contribution is 6.13. The van der Waals surface area contributed by atoms with Gasteiger partial charge in [0.2, 0.25) is 0 Å². The molecule has 0 amide bonds. The Labute approximate surface area is 214 Å². The number of hydrogen-bond donors (Lipinski definition) is 0. The van der Waals surface area contributed by atoms with Gasteiger partial charge in [0.15, 0.2) is 0 Å². The van der Waals surface area contributed by atoms with Gasteiger partial charge in [-0.15, -0.1) is 0 Å². The standard InChI is InChI=1S/C35H33N/c1-24-21-27(32-29-17-9-7-13-25(29)22-26-14-8-10-18-30(26)32)23-31-33(24)36(28-15-5-4-6-16-28)35(3)20-12-11-19-34(31,35)2/h4-10,13-18,21-23H,11-12,19-20H2,1-3H3. The summed E-state index contributed by atoms with van der Waals surface area (Å²) < 4.78 is 0. The molecule has 178 valence electrons. The van der Waals surface area contributed by atoms with Crippen molar-refractivity contribution in [2.75, 3.05) is 4.90 Å². The highest BCUT2D eigenvalue weighted by Gasteiger charge is 2.58. The molecule has 2 atom stereocenters. The topological polar surface area (TPSA) is 3.24 Å². The van der Waals surface area contributed by atoms with E-state index in [4.69, 9.17) is 0 Å². The Morgan fingerprint density at radius 2 is 1.28 bits per heavy atom. The van der Waals surface area contributed by atoms with E-state index < -0.39 is 0 Å². The van der Waals surface area contributed by atoms with Crippen LogP contribution in [0.3, 0.4) is 0 Å². The first-order chi connectivity index (χ1) is 17.5. The fourth-order valence-electron chi connectivity index (χ4n) is 7.48. The molecule has 7 rings (SSSR count). The van der Waals surface area contributed by atoms with Crippen molar-refractivity contribution in [1.29, 1.82) is 0 Å². The predicted molar refractivity (Wildman–Crippen MR) is 154 cm³/mol. The van der Waals surface area contributed by atoms with Crippen molar-refractivity contribution < 1.29 is 0 Å². The third-order valence-corrected chi connectivity index (χ3v) is 9.47. The van der Waals surface area contributed by atoms with E-state index in [1.807, 2.05) is 0 Å². The van der Waals surface area contributed by atoms with E-state index in [0.717, 1.165) is 0 Å². The first kappa shape index (κ1) is 21.7. The fraction of sp³-hybridized carbons (Fsp3) is 0.257. The normalized spacial score (nSPS) is 23.1. The summed E-state index contributed by atoms with van der Waals surface area (Å²) in [4.78, 5) is 2.70. The number of hydrogen-bond acceptors (Lipinski definition) is 1. The minimum Gasteiger partial charge on any atom is -0.334 e. The maximum absolute atomic E-state index is 2.70. The number of para-hydroxylation sites is 1. The van der Waals surface area contributed by atoms with E-state index in [2.05, 4.69) is 123 Å². The summed E-state index contributed by atoms with van der Waals surface area (Å²) in [5.74, 6) is 0. The molecule has 0 saturated heterocycles. The van der Waals surface area contributed by atoms with Gasteiger partial charge in [0, 0.05) is 16.8 Å². The number of fused-ring (bicyclic) bond motifs is 5. The van der Waals surface area contributed by atoms with Gasteiger partial charge in [-0.05, 0) is 101 Å². The summed E-state index contributed by atoms with van der Waals surface area (Å²) in [5, 5.41) is 5.29. The largest absolute Gasteiger partial charge is 0.334 e. The van der Waals surface area contributed by atoms with Crippen molar-refractivity contribution in [2.24, 2.45) is 0 Å². The van der Waals surface area contributed by atoms with Gasteiger partial charge in [-0.1, -0.05) is 86.5 Å². The Hall–Kier alpha value is -3.58. The lowest BCUT2D eigenvalue weighted by Gasteiger charge is -2.50. The van der Waals surface area contributed by atoms with Gasteiger partial charge >= 0.3 is 0 Å². The number of nitrogens with zero attached hydrogens (tertiary/aromatic N) is 1. The molecule has 0 N–H and O–H groups in total. The lowest BCUT2D eigenvalue weighted by molar-refractivity contribution is 0.195. The van der Waals surface area contributed by atoms with Crippen LogP contribution in [0.2, 0.25) is 0 Å². The van der Waals surface area contributed by atoms with E-state index in [1.165, 1.54) is 80.9 Å². The molecule has 2 aliphatic rings. The molecule has 0 aromatic heterocycles. The average molecular weight is 468 g/mol. The second kappa shape index (κ2) is 7.71. The molecule has 1 aliphatic carbocycles. The van der Waals surface area contributed by atoms with Gasteiger partial charge in [-0.25, -0.2) is 0 Å². The second-order valence-electron chi connectivity index (χ2n) is 11.4. The molecule has 1 nitrogen and oxygen atoms in total. The molecule has 0 spiro atoms. The molecule has 5 aromatic carbocycles. The monoisotopic (exact) mass is 467 g/mol. The fourth-order valence-corrected chi connectivity index (χ4v) is 7.48. The summed E-state index contributed by atoms with van der Waals surface area (Å²) in [6.45, 7) is 7.39. The van der Waals surface area contributed by atoms with E-state index in [9.17, 15) is 0 Å². The van der Waals surface area contributed by atoms with Crippen LogP contribution in [0.15, 0.2) is 97.1 Å². The van der Waals surface area contributed by atoms with Gasteiger partial charge in [0.1, 0.15) is 0 Å². The van der Waals surface area contributed by atoms with Crippen LogP contribution in [-0.2, 0) is 5.41 Å². The lowest BCUT2D eigenvalue weighted by Crippen LogP contribution is -2.54. The third kappa shape index (κ3) is 2.83. The summed E-state index contributed by atoms with van der Waals surface area (Å²) >= 11 is 0. The molecule has 1 fully saturated rings. The van der Waals surface area contributed by atoms with Crippen molar-refractivity contribution in [2.45, 2.75) is 57.4 Å². The third-order valence-electron chi connectivity index (χ3n) is 9.47. The van der Waals surface area contributed by atoms with Gasteiger partial charge < -0.3 is 4.90 Å². The first-order valence-corrected chi connectivity index (χ1v) is 13.4. The molecular formula is C35H33N. The zero-order chi connectivity index (χ0) is 24.5. The molecule has 1 heterocycles. The Morgan fingerprint density at radius 3 is 1.97 bits per heavy atom. The Balaban J connectivity index is 1.55. The van der Waals surface area contributed by atoms with Crippen LogP contribution in [0.4, 0.5) is 11.4 Å². The lowest BCUT2D eigenvalue weighted by atomic mass is 9.61. The van der Waals surface area contributed by atoms with E-state index in [0.29, 0.717) is 0 Å². The first-order valence-electron chi connectivity index (χ1n) is 13.4. The number of aryl methyl sites for hydroxylation is 1. The van der Waals surface area contributed by atoms with Crippen LogP contribution in [0.1, 0.15) is 50.7 Å². The summed E-state index contributed by atoms with van der Waals surface area (Å²) in [7, 11) is 0. The van der Waals surface area contributed by atoms with Crippen molar-refractivity contribution in [1.82, 2.24) is 0 Å². The Kier molecular flexibility index (Phi) is 4.64. The van der Waals surface area contributed by atoms with Crippen molar-refractivity contribution >= 4 is 32.9 Å². The van der Waals surface area contributed by atoms with Crippen LogP contribution in [0.5, 0.6) is 0 Å². The van der Waals surface area contributed by atoms with Crippen LogP contribution in [0.25, 0.3) is 32.7 Å². The van der Waals surface area contributed by atoms with Crippen molar-refractivity contribution in [3.8, 4) is 11.1 Å². The molecule has 1 heteroatoms. The quantitative estimate of drug-likeness (QED) is 0.234. The highest BCUT2D eigenvalue weighted by atomic mass is 15.3. The van der Waals surface area contributed by atoms with E-state index >= 15 is 0 Å². The number of rotatable bonds is 2. The zero-order valence-corrected chi connectivity index (χ0v) is 21.5. The molecule has 2 unspecified atom stereocenters. The Bertz CT molecular complexity index is 1580. The molecule has 36 heavy (non-hydrogen) atoms. The second-order valence-corrected chi connectivity index (χ2v) is 11.4. The van der Waals surface area contributed by atoms with Crippen LogP contribution in [0, 0.1) is 6.92 Å². The van der Waals surface area contributed by atoms with Crippen LogP contribution < -0.4 is 4.90 Å². The Morgan fingerprint density at radius 1 is 0.667 bits per heavy atom. The molecule has 1 saturated carbocycles. The van der Waals surface area contributed by atoms with Crippen molar-refractivity contribution in [3.05, 3.63) is 108 Å². The number of anilines is 2. The number of benzene rings is 5. The van der Waals surface area contributed by atoms with Gasteiger partial charge in [0.25, 0.3) is 0 Å². The smallest absolute Gasteiger partial charge is 0.0518 e. The molecule has 5 aromatic rings. The van der Waals surface area contributed by atoms with Crippen LogP contribution in [-0.4, -0.2) is 5.54 Å². The maximum atomic E-state index is 2.70. The van der Waals surface area contributed by atoms with E-state index in [-0.39, 0.29) is 11.0 Å². The summed E-state index contributed by atoms with van der Waals surface area (Å²) in [6, 6.07) is 36.2. The van der Waals surface area contributed by atoms with Gasteiger partial charge in [-0.2, -0.15) is 0 Å². The molecular weight excluding hydrogens is 434 g/mol. The summed E-state index contributed by atoms with van der Waals surface area (Å²) in [5.41, 5.74) is 8.55. The van der Waals surface area contributed by atoms with Gasteiger partial charge in [-0.3, -0.25) is 0 Å². The molecule has 0 radical (unpaired) electrons. The van der Waals surface area contributed by atoms with Crippen LogP contribution >= 0.6 is 0 Å².